The van der Waals surface area contributed by atoms with E-state index in [0.717, 1.165) is 24.2 Å². The van der Waals surface area contributed by atoms with Crippen LogP contribution >= 0.6 is 24.0 Å². The number of benzene rings is 2. The standard InChI is InChI=1S/C25H26N6O2.HI/c1-26-25(27-14-12-19-8-10-22(11-9-19)31-15-4-13-29-31)28-18-20-5-2-6-21(17-20)30-24(32)23-7-3-16-33-23;/h2-11,13,15-17H,12,14,18H2,1H3,(H,30,32)(H2,26,27,28);1H. The van der Waals surface area contributed by atoms with Crippen LogP contribution < -0.4 is 16.0 Å². The van der Waals surface area contributed by atoms with Gasteiger partial charge in [-0.05, 0) is 60.0 Å². The van der Waals surface area contributed by atoms with Crippen LogP contribution in [0.5, 0.6) is 0 Å². The SMILES string of the molecule is CN=C(NCCc1ccc(-n2cccn2)cc1)NCc1cccc(NC(=O)c2ccco2)c1.I. The lowest BCUT2D eigenvalue weighted by Gasteiger charge is -2.13. The number of furan rings is 1. The van der Waals surface area contributed by atoms with E-state index in [-0.39, 0.29) is 35.6 Å². The molecular weight excluding hydrogens is 543 g/mol. The van der Waals surface area contributed by atoms with Crippen molar-refractivity contribution in [2.24, 2.45) is 4.99 Å². The predicted octanol–water partition coefficient (Wildman–Crippen LogP) is 4.24. The topological polar surface area (TPSA) is 96.5 Å². The number of nitrogens with zero attached hydrogens (tertiary/aromatic N) is 3. The van der Waals surface area contributed by atoms with E-state index < -0.39 is 0 Å². The molecule has 2 heterocycles. The Hall–Kier alpha value is -3.60. The first-order chi connectivity index (χ1) is 16.2. The summed E-state index contributed by atoms with van der Waals surface area (Å²) in [5.74, 6) is 0.715. The lowest BCUT2D eigenvalue weighted by molar-refractivity contribution is 0.0996. The zero-order chi connectivity index (χ0) is 22.9. The molecule has 0 saturated heterocycles. The van der Waals surface area contributed by atoms with Crippen LogP contribution in [0, 0.1) is 0 Å². The van der Waals surface area contributed by atoms with Crippen LogP contribution in [0.1, 0.15) is 21.7 Å². The highest BCUT2D eigenvalue weighted by atomic mass is 127. The number of halogens is 1. The molecule has 3 N–H and O–H groups in total. The monoisotopic (exact) mass is 570 g/mol. The van der Waals surface area contributed by atoms with Gasteiger partial charge in [-0.3, -0.25) is 9.79 Å². The number of hydrogen-bond acceptors (Lipinski definition) is 4. The van der Waals surface area contributed by atoms with E-state index in [0.29, 0.717) is 18.2 Å². The van der Waals surface area contributed by atoms with Crippen LogP contribution in [0.3, 0.4) is 0 Å². The van der Waals surface area contributed by atoms with Gasteiger partial charge in [0.25, 0.3) is 5.91 Å². The van der Waals surface area contributed by atoms with Crippen molar-refractivity contribution in [2.75, 3.05) is 18.9 Å². The minimum atomic E-state index is -0.278. The van der Waals surface area contributed by atoms with E-state index in [1.807, 2.05) is 41.2 Å². The molecule has 9 heteroatoms. The second-order valence-corrected chi connectivity index (χ2v) is 7.35. The maximum Gasteiger partial charge on any atom is 0.291 e. The third kappa shape index (κ3) is 6.95. The first kappa shape index (κ1) is 25.0. The third-order valence-electron chi connectivity index (χ3n) is 5.02. The van der Waals surface area contributed by atoms with Crippen LogP contribution in [-0.2, 0) is 13.0 Å². The maximum absolute atomic E-state index is 12.2. The van der Waals surface area contributed by atoms with Crippen molar-refractivity contribution < 1.29 is 9.21 Å². The molecule has 0 spiro atoms. The maximum atomic E-state index is 12.2. The molecule has 0 unspecified atom stereocenters. The van der Waals surface area contributed by atoms with Gasteiger partial charge in [0.15, 0.2) is 11.7 Å². The molecule has 0 aliphatic carbocycles. The van der Waals surface area contributed by atoms with Gasteiger partial charge in [0, 0.05) is 38.2 Å². The summed E-state index contributed by atoms with van der Waals surface area (Å²) in [6, 6.07) is 21.2. The van der Waals surface area contributed by atoms with E-state index in [4.69, 9.17) is 4.42 Å². The number of carbonyl (C=O) groups excluding carboxylic acids is 1. The van der Waals surface area contributed by atoms with Crippen molar-refractivity contribution in [3.8, 4) is 5.69 Å². The van der Waals surface area contributed by atoms with Crippen LogP contribution in [0.15, 0.2) is 94.8 Å². The summed E-state index contributed by atoms with van der Waals surface area (Å²) in [4.78, 5) is 16.4. The number of aromatic nitrogens is 2. The Morgan fingerprint density at radius 2 is 1.88 bits per heavy atom. The molecule has 0 radical (unpaired) electrons. The van der Waals surface area contributed by atoms with Crippen molar-refractivity contribution in [1.29, 1.82) is 0 Å². The van der Waals surface area contributed by atoms with Gasteiger partial charge in [0.1, 0.15) is 0 Å². The number of amides is 1. The van der Waals surface area contributed by atoms with Crippen molar-refractivity contribution in [2.45, 2.75) is 13.0 Å². The van der Waals surface area contributed by atoms with Crippen LogP contribution in [-0.4, -0.2) is 35.2 Å². The first-order valence-corrected chi connectivity index (χ1v) is 10.7. The second-order valence-electron chi connectivity index (χ2n) is 7.35. The molecule has 0 bridgehead atoms. The van der Waals surface area contributed by atoms with Crippen LogP contribution in [0.25, 0.3) is 5.69 Å². The van der Waals surface area contributed by atoms with E-state index in [2.05, 4.69) is 50.3 Å². The molecule has 4 aromatic rings. The summed E-state index contributed by atoms with van der Waals surface area (Å²) >= 11 is 0. The molecule has 34 heavy (non-hydrogen) atoms. The molecule has 0 aliphatic rings. The smallest absolute Gasteiger partial charge is 0.291 e. The van der Waals surface area contributed by atoms with E-state index in [9.17, 15) is 4.79 Å². The summed E-state index contributed by atoms with van der Waals surface area (Å²) in [5.41, 5.74) is 3.99. The molecule has 4 rings (SSSR count). The van der Waals surface area contributed by atoms with Crippen molar-refractivity contribution >= 4 is 41.5 Å². The minimum absolute atomic E-state index is 0. The fraction of sp³-hybridized carbons (Fsp3) is 0.160. The zero-order valence-electron chi connectivity index (χ0n) is 18.8. The van der Waals surface area contributed by atoms with Crippen molar-refractivity contribution in [3.63, 3.8) is 0 Å². The van der Waals surface area contributed by atoms with Crippen molar-refractivity contribution in [1.82, 2.24) is 20.4 Å². The number of aliphatic imine (C=N–C) groups is 1. The Morgan fingerprint density at radius 1 is 1.03 bits per heavy atom. The van der Waals surface area contributed by atoms with Gasteiger partial charge < -0.3 is 20.4 Å². The molecule has 0 fully saturated rings. The summed E-state index contributed by atoms with van der Waals surface area (Å²) in [7, 11) is 1.74. The molecule has 2 aromatic heterocycles. The quantitative estimate of drug-likeness (QED) is 0.167. The lowest BCUT2D eigenvalue weighted by Crippen LogP contribution is -2.37. The molecule has 0 aliphatic heterocycles. The van der Waals surface area contributed by atoms with Gasteiger partial charge in [-0.2, -0.15) is 5.10 Å². The van der Waals surface area contributed by atoms with Gasteiger partial charge in [0.05, 0.1) is 12.0 Å². The number of hydrogen-bond donors (Lipinski definition) is 3. The Bertz CT molecular complexity index is 1190. The second kappa shape index (κ2) is 12.6. The fourth-order valence-electron chi connectivity index (χ4n) is 3.33. The average Bonchev–Trinajstić information content (AvgIpc) is 3.57. The molecule has 0 atom stereocenters. The van der Waals surface area contributed by atoms with Gasteiger partial charge in [-0.25, -0.2) is 4.68 Å². The summed E-state index contributed by atoms with van der Waals surface area (Å²) in [5, 5.41) is 13.7. The first-order valence-electron chi connectivity index (χ1n) is 10.7. The van der Waals surface area contributed by atoms with Gasteiger partial charge in [-0.1, -0.05) is 24.3 Å². The molecule has 8 nitrogen and oxygen atoms in total. The Balaban J connectivity index is 0.00000324. The molecular formula is C25H27IN6O2. The number of nitrogens with one attached hydrogen (secondary N) is 3. The van der Waals surface area contributed by atoms with Crippen LogP contribution in [0.2, 0.25) is 0 Å². The number of guanidine groups is 1. The zero-order valence-corrected chi connectivity index (χ0v) is 21.1. The summed E-state index contributed by atoms with van der Waals surface area (Å²) in [6.07, 6.45) is 6.04. The van der Waals surface area contributed by atoms with Gasteiger partial charge in [-0.15, -0.1) is 24.0 Å². The summed E-state index contributed by atoms with van der Waals surface area (Å²) < 4.78 is 6.97. The van der Waals surface area contributed by atoms with Crippen molar-refractivity contribution in [3.05, 3.63) is 102 Å². The Morgan fingerprint density at radius 3 is 2.59 bits per heavy atom. The summed E-state index contributed by atoms with van der Waals surface area (Å²) in [6.45, 7) is 1.32. The van der Waals surface area contributed by atoms with E-state index in [1.54, 1.807) is 25.4 Å². The van der Waals surface area contributed by atoms with E-state index >= 15 is 0 Å². The van der Waals surface area contributed by atoms with E-state index in [1.165, 1.54) is 11.8 Å². The fourth-order valence-corrected chi connectivity index (χ4v) is 3.33. The number of rotatable bonds is 8. The predicted molar refractivity (Wildman–Crippen MR) is 144 cm³/mol. The molecule has 176 valence electrons. The normalized spacial score (nSPS) is 10.9. The van der Waals surface area contributed by atoms with Gasteiger partial charge in [0.2, 0.25) is 0 Å². The number of carbonyl (C=O) groups is 1. The van der Waals surface area contributed by atoms with Gasteiger partial charge >= 0.3 is 0 Å². The molecule has 0 saturated carbocycles. The minimum Gasteiger partial charge on any atom is -0.459 e. The third-order valence-corrected chi connectivity index (χ3v) is 5.02. The number of anilines is 1. The molecule has 1 amide bonds. The Labute approximate surface area is 215 Å². The highest BCUT2D eigenvalue weighted by Gasteiger charge is 2.09. The average molecular weight is 570 g/mol. The largest absolute Gasteiger partial charge is 0.459 e. The molecule has 2 aromatic carbocycles. The van der Waals surface area contributed by atoms with Crippen LogP contribution in [0.4, 0.5) is 5.69 Å². The Kier molecular flexibility index (Phi) is 9.27. The highest BCUT2D eigenvalue weighted by Crippen LogP contribution is 2.13. The lowest BCUT2D eigenvalue weighted by atomic mass is 10.1. The highest BCUT2D eigenvalue weighted by molar-refractivity contribution is 14.0.